The van der Waals surface area contributed by atoms with Crippen LogP contribution in [0.2, 0.25) is 0 Å². The largest absolute Gasteiger partial charge is 0.299 e. The highest BCUT2D eigenvalue weighted by Crippen LogP contribution is 2.25. The molecule has 1 nitrogen and oxygen atoms in total. The van der Waals surface area contributed by atoms with Crippen molar-refractivity contribution < 1.29 is 0 Å². The van der Waals surface area contributed by atoms with E-state index in [1.54, 1.807) is 0 Å². The molecule has 0 aliphatic heterocycles. The van der Waals surface area contributed by atoms with Gasteiger partial charge in [-0.25, -0.2) is 0 Å². The molecule has 1 unspecified atom stereocenters. The quantitative estimate of drug-likeness (QED) is 0.752. The topological polar surface area (TPSA) is 3.24 Å². The van der Waals surface area contributed by atoms with Gasteiger partial charge < -0.3 is 0 Å². The van der Waals surface area contributed by atoms with Crippen LogP contribution < -0.4 is 0 Å². The molecule has 2 aromatic carbocycles. The van der Waals surface area contributed by atoms with Gasteiger partial charge in [0.1, 0.15) is 0 Å². The van der Waals surface area contributed by atoms with E-state index in [-0.39, 0.29) is 0 Å². The van der Waals surface area contributed by atoms with Crippen LogP contribution in [0.3, 0.4) is 0 Å². The fraction of sp³-hybridized carbons (Fsp3) is 0.200. The Hall–Kier alpha value is -1.60. The number of hydrogen-bond acceptors (Lipinski definition) is 1. The van der Waals surface area contributed by atoms with E-state index >= 15 is 0 Å². The molecule has 0 saturated carbocycles. The summed E-state index contributed by atoms with van der Waals surface area (Å²) in [5, 5.41) is 0. The maximum absolute atomic E-state index is 3.06. The molecule has 0 heterocycles. The lowest BCUT2D eigenvalue weighted by Crippen LogP contribution is -2.20. The van der Waals surface area contributed by atoms with Crippen LogP contribution in [0.15, 0.2) is 54.6 Å². The van der Waals surface area contributed by atoms with Gasteiger partial charge in [0, 0.05) is 0 Å². The normalized spacial score (nSPS) is 11.0. The minimum Gasteiger partial charge on any atom is -0.299 e. The molecule has 0 amide bonds. The molecular weight excluding hydrogens is 194 g/mol. The van der Waals surface area contributed by atoms with Gasteiger partial charge >= 0.3 is 0 Å². The molecule has 81 valence electrons. The SMILES string of the molecule is CN(C)C(c1cc[c]cc1)c1ccccc1. The van der Waals surface area contributed by atoms with Crippen LogP contribution in [-0.4, -0.2) is 19.0 Å². The van der Waals surface area contributed by atoms with Crippen LogP contribution >= 0.6 is 0 Å². The predicted octanol–water partition coefficient (Wildman–Crippen LogP) is 3.14. The van der Waals surface area contributed by atoms with Crippen molar-refractivity contribution in [2.75, 3.05) is 14.1 Å². The molecule has 0 aromatic heterocycles. The molecule has 1 atom stereocenters. The first-order valence-electron chi connectivity index (χ1n) is 5.46. The summed E-state index contributed by atoms with van der Waals surface area (Å²) in [5.74, 6) is 0. The second-order valence-electron chi connectivity index (χ2n) is 4.11. The monoisotopic (exact) mass is 210 g/mol. The van der Waals surface area contributed by atoms with Gasteiger partial charge in [0.25, 0.3) is 0 Å². The summed E-state index contributed by atoms with van der Waals surface area (Å²) in [5.41, 5.74) is 2.62. The zero-order chi connectivity index (χ0) is 11.4. The van der Waals surface area contributed by atoms with Gasteiger partial charge in [-0.2, -0.15) is 0 Å². The Morgan fingerprint density at radius 2 is 1.44 bits per heavy atom. The molecule has 16 heavy (non-hydrogen) atoms. The second-order valence-corrected chi connectivity index (χ2v) is 4.11. The number of nitrogens with zero attached hydrogens (tertiary/aromatic N) is 1. The van der Waals surface area contributed by atoms with Crippen molar-refractivity contribution in [3.63, 3.8) is 0 Å². The van der Waals surface area contributed by atoms with E-state index in [1.807, 2.05) is 12.1 Å². The van der Waals surface area contributed by atoms with Crippen molar-refractivity contribution >= 4 is 0 Å². The van der Waals surface area contributed by atoms with Crippen LogP contribution in [0.4, 0.5) is 0 Å². The third-order valence-corrected chi connectivity index (χ3v) is 2.69. The standard InChI is InChI=1S/C15H16N/c1-16(2)15(13-9-5-3-6-10-13)14-11-7-4-8-12-14/h3,5-12,15H,1-2H3. The first-order chi connectivity index (χ1) is 7.79. The molecule has 0 N–H and O–H groups in total. The fourth-order valence-corrected chi connectivity index (χ4v) is 2.01. The van der Waals surface area contributed by atoms with E-state index in [0.717, 1.165) is 0 Å². The van der Waals surface area contributed by atoms with Gasteiger partial charge in [-0.05, 0) is 31.3 Å². The lowest BCUT2D eigenvalue weighted by atomic mass is 9.98. The molecule has 0 spiro atoms. The smallest absolute Gasteiger partial charge is 0.0596 e. The highest BCUT2D eigenvalue weighted by atomic mass is 15.1. The Balaban J connectivity index is 2.40. The van der Waals surface area contributed by atoms with Crippen LogP contribution in [0.25, 0.3) is 0 Å². The van der Waals surface area contributed by atoms with Gasteiger partial charge in [0.15, 0.2) is 0 Å². The summed E-state index contributed by atoms with van der Waals surface area (Å²) in [4.78, 5) is 2.23. The second kappa shape index (κ2) is 4.95. The van der Waals surface area contributed by atoms with Crippen molar-refractivity contribution in [1.82, 2.24) is 4.90 Å². The number of benzene rings is 2. The maximum atomic E-state index is 3.06. The summed E-state index contributed by atoms with van der Waals surface area (Å²) in [7, 11) is 4.21. The molecule has 0 saturated heterocycles. The molecule has 2 aromatic rings. The minimum atomic E-state index is 0.316. The first kappa shape index (κ1) is 10.9. The van der Waals surface area contributed by atoms with E-state index in [1.165, 1.54) is 11.1 Å². The molecule has 2 rings (SSSR count). The zero-order valence-corrected chi connectivity index (χ0v) is 9.72. The van der Waals surface area contributed by atoms with Gasteiger partial charge in [-0.1, -0.05) is 54.6 Å². The Kier molecular flexibility index (Phi) is 3.37. The third kappa shape index (κ3) is 2.31. The molecule has 0 aliphatic rings. The lowest BCUT2D eigenvalue weighted by Gasteiger charge is -2.25. The van der Waals surface area contributed by atoms with Gasteiger partial charge in [0.2, 0.25) is 0 Å². The van der Waals surface area contributed by atoms with Crippen molar-refractivity contribution in [2.24, 2.45) is 0 Å². The van der Waals surface area contributed by atoms with Crippen LogP contribution in [0, 0.1) is 6.07 Å². The lowest BCUT2D eigenvalue weighted by molar-refractivity contribution is 0.342. The van der Waals surface area contributed by atoms with E-state index in [4.69, 9.17) is 0 Å². The highest BCUT2D eigenvalue weighted by Gasteiger charge is 2.15. The van der Waals surface area contributed by atoms with E-state index in [9.17, 15) is 0 Å². The van der Waals surface area contributed by atoms with E-state index in [2.05, 4.69) is 67.5 Å². The van der Waals surface area contributed by atoms with E-state index in [0.29, 0.717) is 6.04 Å². The van der Waals surface area contributed by atoms with Crippen LogP contribution in [0.5, 0.6) is 0 Å². The molecule has 1 heteroatoms. The summed E-state index contributed by atoms with van der Waals surface area (Å²) >= 11 is 0. The van der Waals surface area contributed by atoms with Crippen LogP contribution in [0.1, 0.15) is 17.2 Å². The summed E-state index contributed by atoms with van der Waals surface area (Å²) in [6, 6.07) is 22.1. The maximum Gasteiger partial charge on any atom is 0.0596 e. The molecule has 0 aliphatic carbocycles. The summed E-state index contributed by atoms with van der Waals surface area (Å²) < 4.78 is 0. The zero-order valence-electron chi connectivity index (χ0n) is 9.72. The molecule has 1 radical (unpaired) electrons. The average molecular weight is 210 g/mol. The van der Waals surface area contributed by atoms with Gasteiger partial charge in [-0.3, -0.25) is 4.90 Å². The Morgan fingerprint density at radius 3 is 2.00 bits per heavy atom. The molecule has 0 fully saturated rings. The highest BCUT2D eigenvalue weighted by molar-refractivity contribution is 5.31. The Bertz CT molecular complexity index is 380. The Morgan fingerprint density at radius 1 is 0.875 bits per heavy atom. The first-order valence-corrected chi connectivity index (χ1v) is 5.46. The van der Waals surface area contributed by atoms with E-state index < -0.39 is 0 Å². The number of rotatable bonds is 3. The van der Waals surface area contributed by atoms with Crippen molar-refractivity contribution in [2.45, 2.75) is 6.04 Å². The number of hydrogen-bond donors (Lipinski definition) is 0. The summed E-state index contributed by atoms with van der Waals surface area (Å²) in [6.45, 7) is 0. The fourth-order valence-electron chi connectivity index (χ4n) is 2.01. The Labute approximate surface area is 97.3 Å². The van der Waals surface area contributed by atoms with Gasteiger partial charge in [-0.15, -0.1) is 0 Å². The minimum absolute atomic E-state index is 0.316. The van der Waals surface area contributed by atoms with Crippen molar-refractivity contribution in [3.8, 4) is 0 Å². The van der Waals surface area contributed by atoms with Gasteiger partial charge in [0.05, 0.1) is 6.04 Å². The molecular formula is C15H16N. The van der Waals surface area contributed by atoms with Crippen molar-refractivity contribution in [3.05, 3.63) is 71.8 Å². The molecule has 0 bridgehead atoms. The van der Waals surface area contributed by atoms with Crippen LogP contribution in [-0.2, 0) is 0 Å². The van der Waals surface area contributed by atoms with Crippen molar-refractivity contribution in [1.29, 1.82) is 0 Å². The summed E-state index contributed by atoms with van der Waals surface area (Å²) in [6.07, 6.45) is 0. The predicted molar refractivity (Wildman–Crippen MR) is 67.3 cm³/mol. The third-order valence-electron chi connectivity index (χ3n) is 2.69. The average Bonchev–Trinajstić information content (AvgIpc) is 2.31.